The smallest absolute Gasteiger partial charge is 0.336 e. The Bertz CT molecular complexity index is 485. The van der Waals surface area contributed by atoms with Gasteiger partial charge in [-0.15, -0.1) is 0 Å². The highest BCUT2D eigenvalue weighted by molar-refractivity contribution is 5.89. The van der Waals surface area contributed by atoms with E-state index in [0.717, 1.165) is 32.0 Å². The van der Waals surface area contributed by atoms with Gasteiger partial charge >= 0.3 is 5.97 Å². The van der Waals surface area contributed by atoms with Crippen molar-refractivity contribution in [1.29, 1.82) is 0 Å². The lowest BCUT2D eigenvalue weighted by atomic mass is 10.0. The molecule has 1 aromatic carbocycles. The number of carboxylic acids is 1. The maximum absolute atomic E-state index is 13.2. The van der Waals surface area contributed by atoms with Gasteiger partial charge in [-0.1, -0.05) is 6.07 Å². The van der Waals surface area contributed by atoms with Gasteiger partial charge in [0.25, 0.3) is 0 Å². The maximum Gasteiger partial charge on any atom is 0.336 e. The molecule has 1 aromatic rings. The van der Waals surface area contributed by atoms with Crippen LogP contribution in [0.25, 0.3) is 0 Å². The van der Waals surface area contributed by atoms with E-state index in [-0.39, 0.29) is 5.56 Å². The molecule has 20 heavy (non-hydrogen) atoms. The highest BCUT2D eigenvalue weighted by Crippen LogP contribution is 2.19. The fourth-order valence-corrected chi connectivity index (χ4v) is 2.72. The monoisotopic (exact) mass is 280 g/mol. The van der Waals surface area contributed by atoms with Crippen molar-refractivity contribution < 1.29 is 14.3 Å². The summed E-state index contributed by atoms with van der Waals surface area (Å²) in [6, 6.07) is 4.45. The van der Waals surface area contributed by atoms with Gasteiger partial charge in [0.15, 0.2) is 0 Å². The van der Waals surface area contributed by atoms with Crippen molar-refractivity contribution in [2.75, 3.05) is 27.2 Å². The third-order valence-corrected chi connectivity index (χ3v) is 4.03. The molecule has 110 valence electrons. The fourth-order valence-electron chi connectivity index (χ4n) is 2.72. The van der Waals surface area contributed by atoms with Gasteiger partial charge < -0.3 is 10.0 Å². The molecule has 1 aliphatic rings. The molecule has 1 aliphatic heterocycles. The highest BCUT2D eigenvalue weighted by Gasteiger charge is 2.22. The van der Waals surface area contributed by atoms with Gasteiger partial charge in [0.1, 0.15) is 5.82 Å². The molecule has 0 atom stereocenters. The van der Waals surface area contributed by atoms with Crippen molar-refractivity contribution >= 4 is 5.97 Å². The zero-order valence-electron chi connectivity index (χ0n) is 12.0. The molecule has 0 amide bonds. The Hall–Kier alpha value is -1.46. The first-order valence-corrected chi connectivity index (χ1v) is 6.88. The third kappa shape index (κ3) is 3.55. The van der Waals surface area contributed by atoms with Crippen LogP contribution in [0.3, 0.4) is 0 Å². The van der Waals surface area contributed by atoms with Crippen molar-refractivity contribution in [3.8, 4) is 0 Å². The standard InChI is InChI=1S/C15H21FN2O2/c1-17-7-5-13(6-8-17)18(2)10-11-3-4-12(16)9-14(11)15(19)20/h3-4,9,13H,5-8,10H2,1-2H3,(H,19,20). The van der Waals surface area contributed by atoms with Crippen LogP contribution in [-0.2, 0) is 6.54 Å². The zero-order valence-corrected chi connectivity index (χ0v) is 12.0. The van der Waals surface area contributed by atoms with Gasteiger partial charge in [-0.3, -0.25) is 4.90 Å². The SMILES string of the molecule is CN1CCC(N(C)Cc2ccc(F)cc2C(=O)O)CC1. The summed E-state index contributed by atoms with van der Waals surface area (Å²) in [5.41, 5.74) is 0.727. The molecule has 0 unspecified atom stereocenters. The van der Waals surface area contributed by atoms with Crippen LogP contribution in [0.15, 0.2) is 18.2 Å². The number of nitrogens with zero attached hydrogens (tertiary/aromatic N) is 2. The second-order valence-corrected chi connectivity index (χ2v) is 5.56. The highest BCUT2D eigenvalue weighted by atomic mass is 19.1. The number of carboxylic acid groups (broad SMARTS) is 1. The zero-order chi connectivity index (χ0) is 14.7. The Morgan fingerprint density at radius 2 is 2.10 bits per heavy atom. The largest absolute Gasteiger partial charge is 0.478 e. The van der Waals surface area contributed by atoms with Crippen molar-refractivity contribution in [1.82, 2.24) is 9.80 Å². The van der Waals surface area contributed by atoms with Crippen LogP contribution in [0.4, 0.5) is 4.39 Å². The molecule has 1 N–H and O–H groups in total. The maximum atomic E-state index is 13.2. The fraction of sp³-hybridized carbons (Fsp3) is 0.533. The van der Waals surface area contributed by atoms with E-state index >= 15 is 0 Å². The molecule has 1 fully saturated rings. The summed E-state index contributed by atoms with van der Waals surface area (Å²) < 4.78 is 13.2. The number of benzene rings is 1. The number of likely N-dealkylation sites (tertiary alicyclic amines) is 1. The molecule has 0 bridgehead atoms. The van der Waals surface area contributed by atoms with Crippen LogP contribution in [0.1, 0.15) is 28.8 Å². The predicted octanol–water partition coefficient (Wildman–Crippen LogP) is 2.05. The van der Waals surface area contributed by atoms with Gasteiger partial charge in [-0.05, 0) is 57.7 Å². The van der Waals surface area contributed by atoms with Crippen LogP contribution < -0.4 is 0 Å². The van der Waals surface area contributed by atoms with Crippen LogP contribution >= 0.6 is 0 Å². The number of hydrogen-bond acceptors (Lipinski definition) is 3. The first-order valence-electron chi connectivity index (χ1n) is 6.88. The van der Waals surface area contributed by atoms with E-state index in [2.05, 4.69) is 16.8 Å². The average Bonchev–Trinajstić information content (AvgIpc) is 2.41. The van der Waals surface area contributed by atoms with Crippen LogP contribution in [0.5, 0.6) is 0 Å². The van der Waals surface area contributed by atoms with E-state index in [4.69, 9.17) is 5.11 Å². The van der Waals surface area contributed by atoms with Crippen LogP contribution in [-0.4, -0.2) is 54.1 Å². The topological polar surface area (TPSA) is 43.8 Å². The Labute approximate surface area is 118 Å². The number of halogens is 1. The average molecular weight is 280 g/mol. The van der Waals surface area contributed by atoms with Crippen molar-refractivity contribution in [3.63, 3.8) is 0 Å². The molecule has 0 saturated carbocycles. The minimum absolute atomic E-state index is 0.0600. The van der Waals surface area contributed by atoms with Gasteiger partial charge in [0.2, 0.25) is 0 Å². The third-order valence-electron chi connectivity index (χ3n) is 4.03. The lowest BCUT2D eigenvalue weighted by Gasteiger charge is -2.35. The van der Waals surface area contributed by atoms with Crippen LogP contribution in [0, 0.1) is 5.82 Å². The first kappa shape index (κ1) is 14.9. The molecule has 1 saturated heterocycles. The number of carbonyl (C=O) groups is 1. The molecule has 0 radical (unpaired) electrons. The first-order chi connectivity index (χ1) is 9.47. The second-order valence-electron chi connectivity index (χ2n) is 5.56. The summed E-state index contributed by atoms with van der Waals surface area (Å²) in [5.74, 6) is -1.58. The summed E-state index contributed by atoms with van der Waals surface area (Å²) >= 11 is 0. The molecule has 0 spiro atoms. The molecule has 2 rings (SSSR count). The van der Waals surface area contributed by atoms with E-state index in [1.54, 1.807) is 6.07 Å². The molecular formula is C15H21FN2O2. The predicted molar refractivity (Wildman–Crippen MR) is 75.3 cm³/mol. The molecule has 0 aromatic heterocycles. The Kier molecular flexibility index (Phi) is 4.73. The lowest BCUT2D eigenvalue weighted by molar-refractivity contribution is 0.0692. The minimum atomic E-state index is -1.07. The Morgan fingerprint density at radius 1 is 1.45 bits per heavy atom. The summed E-state index contributed by atoms with van der Waals surface area (Å²) in [7, 11) is 4.11. The Balaban J connectivity index is 2.07. The van der Waals surface area contributed by atoms with Crippen molar-refractivity contribution in [2.45, 2.75) is 25.4 Å². The molecule has 1 heterocycles. The quantitative estimate of drug-likeness (QED) is 0.916. The van der Waals surface area contributed by atoms with E-state index in [1.807, 2.05) is 7.05 Å². The summed E-state index contributed by atoms with van der Waals surface area (Å²) in [5, 5.41) is 9.16. The second kappa shape index (κ2) is 6.33. The molecular weight excluding hydrogens is 259 g/mol. The van der Waals surface area contributed by atoms with E-state index in [1.165, 1.54) is 6.07 Å². The number of aromatic carboxylic acids is 1. The molecule has 0 aliphatic carbocycles. The van der Waals surface area contributed by atoms with Crippen molar-refractivity contribution in [3.05, 3.63) is 35.1 Å². The van der Waals surface area contributed by atoms with Crippen molar-refractivity contribution in [2.24, 2.45) is 0 Å². The van der Waals surface area contributed by atoms with Gasteiger partial charge in [0, 0.05) is 12.6 Å². The van der Waals surface area contributed by atoms with Gasteiger partial charge in [-0.25, -0.2) is 9.18 Å². The van der Waals surface area contributed by atoms with Gasteiger partial charge in [0.05, 0.1) is 5.56 Å². The number of rotatable bonds is 4. The van der Waals surface area contributed by atoms with Crippen LogP contribution in [0.2, 0.25) is 0 Å². The summed E-state index contributed by atoms with van der Waals surface area (Å²) in [6.45, 7) is 2.66. The molecule has 4 nitrogen and oxygen atoms in total. The van der Waals surface area contributed by atoms with E-state index in [9.17, 15) is 9.18 Å². The Morgan fingerprint density at radius 3 is 2.70 bits per heavy atom. The normalized spacial score (nSPS) is 17.6. The molecule has 5 heteroatoms. The minimum Gasteiger partial charge on any atom is -0.478 e. The number of hydrogen-bond donors (Lipinski definition) is 1. The summed E-state index contributed by atoms with van der Waals surface area (Å²) in [6.07, 6.45) is 2.16. The van der Waals surface area contributed by atoms with E-state index in [0.29, 0.717) is 18.2 Å². The van der Waals surface area contributed by atoms with E-state index < -0.39 is 11.8 Å². The summed E-state index contributed by atoms with van der Waals surface area (Å²) in [4.78, 5) is 15.7. The van der Waals surface area contributed by atoms with Gasteiger partial charge in [-0.2, -0.15) is 0 Å². The lowest BCUT2D eigenvalue weighted by Crippen LogP contribution is -2.41. The number of piperidine rings is 1.